The van der Waals surface area contributed by atoms with Crippen LogP contribution in [0.5, 0.6) is 0 Å². The number of benzene rings is 2. The SMILES string of the molecule is N#Cc1ccc(C(=O)C[n+]2cccc3ccccc32)cc1.[Br-]. The Balaban J connectivity index is 0.00000176. The Labute approximate surface area is 139 Å². The molecule has 0 unspecified atom stereocenters. The highest BCUT2D eigenvalue weighted by Gasteiger charge is 2.14. The third-order valence-corrected chi connectivity index (χ3v) is 3.44. The fourth-order valence-corrected chi connectivity index (χ4v) is 2.34. The molecule has 0 saturated heterocycles. The van der Waals surface area contributed by atoms with Crippen molar-refractivity contribution >= 4 is 16.7 Å². The molecule has 0 amide bonds. The fraction of sp³-hybridized carbons (Fsp3) is 0.0556. The molecule has 108 valence electrons. The predicted octanol–water partition coefficient (Wildman–Crippen LogP) is -0.114. The smallest absolute Gasteiger partial charge is 0.227 e. The van der Waals surface area contributed by atoms with Crippen molar-refractivity contribution in [2.45, 2.75) is 6.54 Å². The van der Waals surface area contributed by atoms with Crippen molar-refractivity contribution in [2.75, 3.05) is 0 Å². The van der Waals surface area contributed by atoms with Crippen molar-refractivity contribution in [2.24, 2.45) is 0 Å². The number of pyridine rings is 1. The van der Waals surface area contributed by atoms with E-state index in [9.17, 15) is 4.79 Å². The summed E-state index contributed by atoms with van der Waals surface area (Å²) in [5.41, 5.74) is 2.21. The number of Topliss-reactive ketones (excluding diaryl/α,β-unsaturated/α-hetero) is 1. The van der Waals surface area contributed by atoms with Gasteiger partial charge in [-0.05, 0) is 36.4 Å². The van der Waals surface area contributed by atoms with Gasteiger partial charge < -0.3 is 17.0 Å². The number of carbonyl (C=O) groups excluding carboxylic acids is 1. The van der Waals surface area contributed by atoms with E-state index in [1.807, 2.05) is 47.2 Å². The summed E-state index contributed by atoms with van der Waals surface area (Å²) in [7, 11) is 0. The van der Waals surface area contributed by atoms with Gasteiger partial charge in [0.05, 0.1) is 11.6 Å². The molecule has 2 aromatic carbocycles. The molecular weight excluding hydrogens is 340 g/mol. The van der Waals surface area contributed by atoms with Crippen molar-refractivity contribution in [1.82, 2.24) is 0 Å². The Kier molecular flexibility index (Phi) is 5.03. The molecule has 0 fully saturated rings. The second-order valence-corrected chi connectivity index (χ2v) is 4.81. The monoisotopic (exact) mass is 352 g/mol. The van der Waals surface area contributed by atoms with Gasteiger partial charge in [0.25, 0.3) is 0 Å². The minimum Gasteiger partial charge on any atom is -1.00 e. The summed E-state index contributed by atoms with van der Waals surface area (Å²) in [5, 5.41) is 9.89. The molecule has 0 radical (unpaired) electrons. The summed E-state index contributed by atoms with van der Waals surface area (Å²) >= 11 is 0. The van der Waals surface area contributed by atoms with E-state index in [1.54, 1.807) is 24.3 Å². The van der Waals surface area contributed by atoms with Crippen LogP contribution in [0.1, 0.15) is 15.9 Å². The molecule has 0 aliphatic carbocycles. The number of hydrogen-bond donors (Lipinski definition) is 0. The molecule has 3 nitrogen and oxygen atoms in total. The number of carbonyl (C=O) groups is 1. The van der Waals surface area contributed by atoms with Crippen LogP contribution >= 0.6 is 0 Å². The molecule has 0 N–H and O–H groups in total. The molecule has 0 atom stereocenters. The van der Waals surface area contributed by atoms with Gasteiger partial charge >= 0.3 is 0 Å². The largest absolute Gasteiger partial charge is 1.00 e. The van der Waals surface area contributed by atoms with Gasteiger partial charge in [0.1, 0.15) is 0 Å². The number of fused-ring (bicyclic) bond motifs is 1. The lowest BCUT2D eigenvalue weighted by molar-refractivity contribution is -0.657. The molecular formula is C18H13BrN2O. The van der Waals surface area contributed by atoms with Gasteiger partial charge in [-0.2, -0.15) is 9.83 Å². The second kappa shape index (κ2) is 6.97. The van der Waals surface area contributed by atoms with Crippen molar-refractivity contribution in [3.63, 3.8) is 0 Å². The van der Waals surface area contributed by atoms with E-state index in [1.165, 1.54) is 0 Å². The number of rotatable bonds is 3. The van der Waals surface area contributed by atoms with Crippen LogP contribution in [0.2, 0.25) is 0 Å². The van der Waals surface area contributed by atoms with E-state index >= 15 is 0 Å². The summed E-state index contributed by atoms with van der Waals surface area (Å²) in [6, 6.07) is 20.7. The molecule has 0 aliphatic rings. The first kappa shape index (κ1) is 15.9. The van der Waals surface area contributed by atoms with Gasteiger partial charge in [0, 0.05) is 23.1 Å². The number of nitriles is 1. The molecule has 0 saturated carbocycles. The quantitative estimate of drug-likeness (QED) is 0.487. The van der Waals surface area contributed by atoms with Crippen LogP contribution in [0.15, 0.2) is 66.9 Å². The van der Waals surface area contributed by atoms with Gasteiger partial charge in [0.2, 0.25) is 17.8 Å². The highest BCUT2D eigenvalue weighted by atomic mass is 79.9. The van der Waals surface area contributed by atoms with E-state index in [2.05, 4.69) is 6.07 Å². The van der Waals surface area contributed by atoms with Gasteiger partial charge in [-0.25, -0.2) is 0 Å². The standard InChI is InChI=1S/C18H13N2O.BrH/c19-12-14-7-9-16(10-8-14)18(21)13-20-11-3-5-15-4-1-2-6-17(15)20;/h1-11H,13H2;1H/q+1;/p-1. The Morgan fingerprint density at radius 3 is 2.41 bits per heavy atom. The van der Waals surface area contributed by atoms with Crippen LogP contribution < -0.4 is 21.5 Å². The normalized spacial score (nSPS) is 9.77. The predicted molar refractivity (Wildman–Crippen MR) is 79.6 cm³/mol. The molecule has 0 bridgehead atoms. The van der Waals surface area contributed by atoms with Crippen molar-refractivity contribution in [1.29, 1.82) is 5.26 Å². The lowest BCUT2D eigenvalue weighted by Crippen LogP contribution is -3.00. The molecule has 1 heterocycles. The average Bonchev–Trinajstić information content (AvgIpc) is 2.55. The lowest BCUT2D eigenvalue weighted by Gasteiger charge is -2.01. The van der Waals surface area contributed by atoms with Crippen LogP contribution in [-0.2, 0) is 6.54 Å². The second-order valence-electron chi connectivity index (χ2n) is 4.81. The summed E-state index contributed by atoms with van der Waals surface area (Å²) < 4.78 is 1.94. The molecule has 3 rings (SSSR count). The lowest BCUT2D eigenvalue weighted by atomic mass is 10.1. The molecule has 1 aromatic heterocycles. The van der Waals surface area contributed by atoms with E-state index in [0.717, 1.165) is 10.9 Å². The Morgan fingerprint density at radius 2 is 1.68 bits per heavy atom. The molecule has 4 heteroatoms. The fourth-order valence-electron chi connectivity index (χ4n) is 2.34. The Morgan fingerprint density at radius 1 is 1.00 bits per heavy atom. The highest BCUT2D eigenvalue weighted by Crippen LogP contribution is 2.09. The number of ketones is 1. The Bertz CT molecular complexity index is 846. The van der Waals surface area contributed by atoms with Gasteiger partial charge in [-0.15, -0.1) is 0 Å². The van der Waals surface area contributed by atoms with Gasteiger partial charge in [-0.1, -0.05) is 12.1 Å². The zero-order valence-corrected chi connectivity index (χ0v) is 13.3. The maximum Gasteiger partial charge on any atom is 0.227 e. The molecule has 22 heavy (non-hydrogen) atoms. The van der Waals surface area contributed by atoms with Crippen LogP contribution in [0.3, 0.4) is 0 Å². The Hall–Kier alpha value is -2.51. The van der Waals surface area contributed by atoms with E-state index in [4.69, 9.17) is 5.26 Å². The van der Waals surface area contributed by atoms with Crippen LogP contribution in [-0.4, -0.2) is 5.78 Å². The van der Waals surface area contributed by atoms with E-state index in [0.29, 0.717) is 11.1 Å². The molecule has 3 aromatic rings. The first-order valence-corrected chi connectivity index (χ1v) is 6.68. The van der Waals surface area contributed by atoms with Crippen molar-refractivity contribution < 1.29 is 26.3 Å². The number of nitrogens with zero attached hydrogens (tertiary/aromatic N) is 2. The summed E-state index contributed by atoms with van der Waals surface area (Å²) in [4.78, 5) is 12.4. The highest BCUT2D eigenvalue weighted by molar-refractivity contribution is 5.95. The van der Waals surface area contributed by atoms with E-state index < -0.39 is 0 Å². The molecule has 0 spiro atoms. The minimum atomic E-state index is 0. The molecule has 0 aliphatic heterocycles. The summed E-state index contributed by atoms with van der Waals surface area (Å²) in [6.45, 7) is 0.285. The number of halogens is 1. The van der Waals surface area contributed by atoms with Gasteiger partial charge in [-0.3, -0.25) is 4.79 Å². The first-order valence-electron chi connectivity index (χ1n) is 6.68. The van der Waals surface area contributed by atoms with E-state index in [-0.39, 0.29) is 29.3 Å². The van der Waals surface area contributed by atoms with Crippen LogP contribution in [0.25, 0.3) is 10.9 Å². The third kappa shape index (κ3) is 3.21. The first-order chi connectivity index (χ1) is 10.3. The topological polar surface area (TPSA) is 44.7 Å². The average molecular weight is 353 g/mol. The third-order valence-electron chi connectivity index (χ3n) is 3.44. The number of aromatic nitrogens is 1. The summed E-state index contributed by atoms with van der Waals surface area (Å²) in [6.07, 6.45) is 1.91. The maximum absolute atomic E-state index is 12.4. The summed E-state index contributed by atoms with van der Waals surface area (Å²) in [5.74, 6) is 0.0286. The number of para-hydroxylation sites is 1. The van der Waals surface area contributed by atoms with Crippen molar-refractivity contribution in [3.05, 3.63) is 78.0 Å². The minimum absolute atomic E-state index is 0. The zero-order chi connectivity index (χ0) is 14.7. The zero-order valence-electron chi connectivity index (χ0n) is 11.7. The number of hydrogen-bond acceptors (Lipinski definition) is 2. The maximum atomic E-state index is 12.4. The van der Waals surface area contributed by atoms with Crippen LogP contribution in [0, 0.1) is 11.3 Å². The van der Waals surface area contributed by atoms with Crippen LogP contribution in [0.4, 0.5) is 0 Å². The van der Waals surface area contributed by atoms with Crippen molar-refractivity contribution in [3.8, 4) is 6.07 Å². The van der Waals surface area contributed by atoms with Gasteiger partial charge in [0.15, 0.2) is 6.20 Å².